The van der Waals surface area contributed by atoms with Gasteiger partial charge in [-0.15, -0.1) is 0 Å². The van der Waals surface area contributed by atoms with Crippen LogP contribution in [0.1, 0.15) is 37.4 Å². The van der Waals surface area contributed by atoms with Crippen LogP contribution in [0.5, 0.6) is 5.75 Å². The van der Waals surface area contributed by atoms with Crippen molar-refractivity contribution in [2.24, 2.45) is 0 Å². The summed E-state index contributed by atoms with van der Waals surface area (Å²) in [6.07, 6.45) is 3.23. The Hall–Kier alpha value is -2.08. The number of hydrogen-bond acceptors (Lipinski definition) is 4. The van der Waals surface area contributed by atoms with Crippen molar-refractivity contribution in [3.05, 3.63) is 59.1 Å². The molecule has 1 unspecified atom stereocenters. The number of pyridine rings is 1. The third-order valence-corrected chi connectivity index (χ3v) is 5.19. The molecule has 0 spiro atoms. The Balaban J connectivity index is 2.21. The molecule has 0 saturated heterocycles. The predicted molar refractivity (Wildman–Crippen MR) is 86.1 cm³/mol. The van der Waals surface area contributed by atoms with Crippen molar-refractivity contribution in [3.63, 3.8) is 0 Å². The van der Waals surface area contributed by atoms with E-state index in [0.717, 1.165) is 10.3 Å². The molecule has 1 aliphatic heterocycles. The van der Waals surface area contributed by atoms with E-state index < -0.39 is 15.4 Å². The fraction of sp³-hybridized carbons (Fsp3) is 0.353. The molecule has 0 saturated carbocycles. The van der Waals surface area contributed by atoms with Crippen LogP contribution >= 0.6 is 0 Å². The van der Waals surface area contributed by atoms with E-state index in [1.165, 1.54) is 12.5 Å². The summed E-state index contributed by atoms with van der Waals surface area (Å²) >= 11 is 0. The second-order valence-corrected chi connectivity index (χ2v) is 8.56. The van der Waals surface area contributed by atoms with E-state index in [9.17, 15) is 13.6 Å². The number of nitrogens with zero attached hydrogens (tertiary/aromatic N) is 1. The van der Waals surface area contributed by atoms with Crippen molar-refractivity contribution in [2.45, 2.75) is 36.7 Å². The van der Waals surface area contributed by atoms with Gasteiger partial charge in [-0.1, -0.05) is 0 Å². The van der Waals surface area contributed by atoms with Crippen LogP contribution in [-0.4, -0.2) is 20.3 Å². The summed E-state index contributed by atoms with van der Waals surface area (Å²) in [5.41, 5.74) is 0.895. The molecule has 1 aromatic heterocycles. The molecule has 0 amide bonds. The molecule has 0 N–H and O–H groups in total. The minimum Gasteiger partial charge on any atom is -0.618 e. The van der Waals surface area contributed by atoms with Crippen LogP contribution < -0.4 is 9.47 Å². The van der Waals surface area contributed by atoms with E-state index in [1.807, 2.05) is 19.9 Å². The summed E-state index contributed by atoms with van der Waals surface area (Å²) in [6.45, 7) is 3.93. The summed E-state index contributed by atoms with van der Waals surface area (Å²) in [4.78, 5) is 0.234. The van der Waals surface area contributed by atoms with E-state index in [4.69, 9.17) is 4.74 Å². The zero-order valence-corrected chi connectivity index (χ0v) is 14.1. The first-order valence-corrected chi connectivity index (χ1v) is 9.28. The molecule has 2 aromatic rings. The molecule has 0 aliphatic carbocycles. The van der Waals surface area contributed by atoms with Gasteiger partial charge in [0.05, 0.1) is 10.8 Å². The Morgan fingerprint density at radius 2 is 2.00 bits per heavy atom. The van der Waals surface area contributed by atoms with Gasteiger partial charge in [0.15, 0.2) is 16.0 Å². The fourth-order valence-corrected chi connectivity index (χ4v) is 3.69. The van der Waals surface area contributed by atoms with Crippen molar-refractivity contribution in [2.75, 3.05) is 6.26 Å². The number of hydrogen-bond donors (Lipinski definition) is 0. The van der Waals surface area contributed by atoms with Gasteiger partial charge in [0, 0.05) is 30.4 Å². The average molecular weight is 333 g/mol. The van der Waals surface area contributed by atoms with Crippen LogP contribution in [0.25, 0.3) is 0 Å². The van der Waals surface area contributed by atoms with Crippen molar-refractivity contribution < 1.29 is 17.9 Å². The van der Waals surface area contributed by atoms with Gasteiger partial charge >= 0.3 is 0 Å². The summed E-state index contributed by atoms with van der Waals surface area (Å²) in [7, 11) is -3.32. The number of sulfone groups is 1. The van der Waals surface area contributed by atoms with Crippen LogP contribution in [0.3, 0.4) is 0 Å². The smallest absolute Gasteiger partial charge is 0.200 e. The second kappa shape index (κ2) is 5.23. The Morgan fingerprint density at radius 3 is 2.65 bits per heavy atom. The molecule has 1 aromatic carbocycles. The highest BCUT2D eigenvalue weighted by molar-refractivity contribution is 7.90. The Bertz CT molecular complexity index is 859. The Morgan fingerprint density at radius 1 is 1.26 bits per heavy atom. The highest BCUT2D eigenvalue weighted by atomic mass is 32.2. The van der Waals surface area contributed by atoms with E-state index in [1.54, 1.807) is 30.3 Å². The van der Waals surface area contributed by atoms with Crippen molar-refractivity contribution >= 4 is 9.84 Å². The van der Waals surface area contributed by atoms with Gasteiger partial charge in [-0.2, -0.15) is 4.73 Å². The van der Waals surface area contributed by atoms with Gasteiger partial charge in [-0.05, 0) is 38.1 Å². The molecular formula is C17H19NO4S. The topological polar surface area (TPSA) is 70.3 Å². The Labute approximate surface area is 136 Å². The lowest BCUT2D eigenvalue weighted by molar-refractivity contribution is -0.615. The standard InChI is InChI=1S/C17H19NO4S/c1-17(2)11-14(15-6-4-5-9-18(15)19)13-10-12(23(3,20)21)7-8-16(13)22-17/h4-10,14H,11H2,1-3H3. The van der Waals surface area contributed by atoms with E-state index in [2.05, 4.69) is 0 Å². The zero-order valence-electron chi connectivity index (χ0n) is 13.3. The van der Waals surface area contributed by atoms with Crippen molar-refractivity contribution in [3.8, 4) is 5.75 Å². The minimum absolute atomic E-state index is 0.214. The average Bonchev–Trinajstić information content (AvgIpc) is 2.44. The van der Waals surface area contributed by atoms with Crippen molar-refractivity contribution in [1.29, 1.82) is 0 Å². The number of rotatable bonds is 2. The summed E-state index contributed by atoms with van der Waals surface area (Å²) in [6, 6.07) is 10.1. The van der Waals surface area contributed by atoms with Gasteiger partial charge in [-0.25, -0.2) is 8.42 Å². The lowest BCUT2D eigenvalue weighted by Gasteiger charge is -2.36. The van der Waals surface area contributed by atoms with E-state index in [0.29, 0.717) is 17.9 Å². The van der Waals surface area contributed by atoms with Crippen LogP contribution in [0.2, 0.25) is 0 Å². The molecule has 122 valence electrons. The number of aromatic nitrogens is 1. The highest BCUT2D eigenvalue weighted by Crippen LogP contribution is 2.44. The lowest BCUT2D eigenvalue weighted by Crippen LogP contribution is -2.40. The third kappa shape index (κ3) is 3.03. The monoisotopic (exact) mass is 333 g/mol. The van der Waals surface area contributed by atoms with Gasteiger partial charge in [0.25, 0.3) is 0 Å². The molecule has 5 nitrogen and oxygen atoms in total. The normalized spacial score (nSPS) is 19.7. The summed E-state index contributed by atoms with van der Waals surface area (Å²) < 4.78 is 30.5. The molecule has 1 atom stereocenters. The molecule has 3 rings (SSSR count). The first-order chi connectivity index (χ1) is 10.7. The van der Waals surface area contributed by atoms with Crippen LogP contribution in [0.4, 0.5) is 0 Å². The largest absolute Gasteiger partial charge is 0.618 e. The maximum Gasteiger partial charge on any atom is 0.200 e. The number of ether oxygens (including phenoxy) is 1. The molecule has 0 radical (unpaired) electrons. The lowest BCUT2D eigenvalue weighted by atomic mass is 9.82. The van der Waals surface area contributed by atoms with Crippen LogP contribution in [-0.2, 0) is 9.84 Å². The van der Waals surface area contributed by atoms with Gasteiger partial charge < -0.3 is 9.94 Å². The quantitative estimate of drug-likeness (QED) is 0.625. The third-order valence-electron chi connectivity index (χ3n) is 4.08. The fourth-order valence-electron chi connectivity index (χ4n) is 3.04. The number of fused-ring (bicyclic) bond motifs is 1. The molecule has 1 aliphatic rings. The Kier molecular flexibility index (Phi) is 3.59. The number of benzene rings is 1. The summed E-state index contributed by atoms with van der Waals surface area (Å²) in [5.74, 6) is 0.414. The predicted octanol–water partition coefficient (Wildman–Crippen LogP) is 2.42. The first-order valence-electron chi connectivity index (χ1n) is 7.38. The van der Waals surface area contributed by atoms with Gasteiger partial charge in [-0.3, -0.25) is 0 Å². The van der Waals surface area contributed by atoms with Gasteiger partial charge in [0.1, 0.15) is 11.4 Å². The zero-order chi connectivity index (χ0) is 16.8. The maximum absolute atomic E-state index is 12.2. The molecular weight excluding hydrogens is 314 g/mol. The molecule has 6 heteroatoms. The SMILES string of the molecule is CC1(C)CC(c2cccc[n+]2[O-])c2cc(S(C)(=O)=O)ccc2O1. The molecule has 0 bridgehead atoms. The second-order valence-electron chi connectivity index (χ2n) is 6.54. The first kappa shape index (κ1) is 15.8. The minimum atomic E-state index is -3.32. The van der Waals surface area contributed by atoms with Crippen LogP contribution in [0, 0.1) is 5.21 Å². The molecule has 0 fully saturated rings. The van der Waals surface area contributed by atoms with Crippen molar-refractivity contribution in [1.82, 2.24) is 0 Å². The van der Waals surface area contributed by atoms with E-state index in [-0.39, 0.29) is 10.8 Å². The van der Waals surface area contributed by atoms with Crippen LogP contribution in [0.15, 0.2) is 47.5 Å². The molecule has 2 heterocycles. The molecule has 23 heavy (non-hydrogen) atoms. The highest BCUT2D eigenvalue weighted by Gasteiger charge is 2.38. The maximum atomic E-state index is 12.2. The summed E-state index contributed by atoms with van der Waals surface area (Å²) in [5, 5.41) is 12.2. The van der Waals surface area contributed by atoms with E-state index >= 15 is 0 Å². The van der Waals surface area contributed by atoms with Gasteiger partial charge in [0.2, 0.25) is 5.69 Å².